The molecule has 0 radical (unpaired) electrons. The van der Waals surface area contributed by atoms with E-state index >= 15 is 0 Å². The average Bonchev–Trinajstić information content (AvgIpc) is 2.80. The van der Waals surface area contributed by atoms with Crippen LogP contribution in [0.3, 0.4) is 0 Å². The predicted molar refractivity (Wildman–Crippen MR) is 128 cm³/mol. The number of nitrogens with two attached hydrogens (primary N) is 1. The number of halogens is 4. The van der Waals surface area contributed by atoms with Crippen molar-refractivity contribution in [2.45, 2.75) is 25.6 Å². The van der Waals surface area contributed by atoms with Gasteiger partial charge >= 0.3 is 6.18 Å². The molecule has 0 aliphatic carbocycles. The highest BCUT2D eigenvalue weighted by Gasteiger charge is 2.41. The van der Waals surface area contributed by atoms with Crippen molar-refractivity contribution in [1.82, 2.24) is 4.57 Å². The lowest BCUT2D eigenvalue weighted by Crippen LogP contribution is -2.34. The molecule has 1 aliphatic rings. The minimum absolute atomic E-state index is 0.0255. The van der Waals surface area contributed by atoms with Crippen LogP contribution in [0, 0.1) is 5.92 Å². The molecule has 2 heterocycles. The highest BCUT2D eigenvalue weighted by atomic mass is 35.5. The number of primary amides is 1. The van der Waals surface area contributed by atoms with Crippen LogP contribution in [0.15, 0.2) is 59.5 Å². The molecule has 0 spiro atoms. The number of nitrogens with one attached hydrogen (secondary N) is 1. The molecular weight excluding hydrogens is 499 g/mol. The molecule has 11 heteroatoms. The van der Waals surface area contributed by atoms with Crippen LogP contribution in [0.4, 0.5) is 18.9 Å². The fourth-order valence-corrected chi connectivity index (χ4v) is 4.12. The second-order valence-electron chi connectivity index (χ2n) is 8.46. The van der Waals surface area contributed by atoms with Crippen molar-refractivity contribution in [1.29, 1.82) is 0 Å². The summed E-state index contributed by atoms with van der Waals surface area (Å²) in [5, 5.41) is 2.92. The van der Waals surface area contributed by atoms with Gasteiger partial charge in [0.2, 0.25) is 11.8 Å². The molecule has 1 aromatic heterocycles. The Labute approximate surface area is 208 Å². The maximum absolute atomic E-state index is 13.6. The zero-order chi connectivity index (χ0) is 26.2. The molecule has 0 saturated carbocycles. The van der Waals surface area contributed by atoms with Gasteiger partial charge in [-0.3, -0.25) is 19.0 Å². The zero-order valence-corrected chi connectivity index (χ0v) is 19.7. The predicted octanol–water partition coefficient (Wildman–Crippen LogP) is 4.58. The first-order valence-corrected chi connectivity index (χ1v) is 11.3. The Bertz CT molecular complexity index is 1390. The summed E-state index contributed by atoms with van der Waals surface area (Å²) in [4.78, 5) is 37.0. The average molecular weight is 520 g/mol. The number of carbonyl (C=O) groups excluding carboxylic acids is 2. The van der Waals surface area contributed by atoms with E-state index in [9.17, 15) is 27.6 Å². The lowest BCUT2D eigenvalue weighted by Gasteiger charge is -2.27. The first kappa shape index (κ1) is 25.3. The summed E-state index contributed by atoms with van der Waals surface area (Å²) in [6.07, 6.45) is -3.59. The molecular formula is C25H21ClF3N3O4. The van der Waals surface area contributed by atoms with Gasteiger partial charge in [0.1, 0.15) is 18.4 Å². The van der Waals surface area contributed by atoms with Crippen LogP contribution in [0.5, 0.6) is 5.75 Å². The Morgan fingerprint density at radius 2 is 1.83 bits per heavy atom. The molecule has 3 aromatic rings. The maximum Gasteiger partial charge on any atom is 0.395 e. The van der Waals surface area contributed by atoms with E-state index in [0.717, 1.165) is 4.57 Å². The van der Waals surface area contributed by atoms with Crippen molar-refractivity contribution in [2.24, 2.45) is 11.7 Å². The molecule has 188 valence electrons. The molecule has 7 nitrogen and oxygen atoms in total. The first-order valence-electron chi connectivity index (χ1n) is 10.9. The SMILES string of the molecule is CC(C(=O)Nc1ccc(C(N)=O)cc1)n1cc2c(cc1=O)-c1cc(Cl)ccc1CC(C(F)(F)F)CO2. The number of ether oxygens (including phenoxy) is 1. The minimum Gasteiger partial charge on any atom is -0.491 e. The number of rotatable bonds is 4. The van der Waals surface area contributed by atoms with Gasteiger partial charge in [-0.15, -0.1) is 0 Å². The second kappa shape index (κ2) is 9.69. The Morgan fingerprint density at radius 3 is 2.47 bits per heavy atom. The van der Waals surface area contributed by atoms with Crippen LogP contribution >= 0.6 is 11.6 Å². The number of fused-ring (bicyclic) bond motifs is 3. The number of alkyl halides is 3. The van der Waals surface area contributed by atoms with E-state index < -0.39 is 42.1 Å². The number of anilines is 1. The summed E-state index contributed by atoms with van der Waals surface area (Å²) >= 11 is 6.11. The molecule has 4 rings (SSSR count). The van der Waals surface area contributed by atoms with Crippen molar-refractivity contribution in [3.63, 3.8) is 0 Å². The van der Waals surface area contributed by atoms with Gasteiger partial charge in [0.05, 0.1) is 12.1 Å². The third-order valence-corrected chi connectivity index (χ3v) is 6.24. The van der Waals surface area contributed by atoms with Crippen molar-refractivity contribution in [2.75, 3.05) is 11.9 Å². The number of nitrogens with zero attached hydrogens (tertiary/aromatic N) is 1. The lowest BCUT2D eigenvalue weighted by molar-refractivity contribution is -0.181. The van der Waals surface area contributed by atoms with E-state index in [1.165, 1.54) is 61.7 Å². The van der Waals surface area contributed by atoms with Gasteiger partial charge in [-0.2, -0.15) is 13.2 Å². The summed E-state index contributed by atoms with van der Waals surface area (Å²) in [7, 11) is 0. The molecule has 1 aliphatic heterocycles. The standard InChI is InChI=1S/C25H21ClF3N3O4/c1-13(24(35)31-18-6-3-14(4-7-18)23(30)34)32-11-21-20(10-22(32)33)19-9-17(26)5-2-15(19)8-16(12-36-21)25(27,28)29/h2-7,9-11,13,16H,8,12H2,1H3,(H2,30,34)(H,31,35). The van der Waals surface area contributed by atoms with E-state index in [0.29, 0.717) is 27.4 Å². The largest absolute Gasteiger partial charge is 0.491 e. The summed E-state index contributed by atoms with van der Waals surface area (Å²) < 4.78 is 47.5. The summed E-state index contributed by atoms with van der Waals surface area (Å²) in [6.45, 7) is 0.816. The van der Waals surface area contributed by atoms with Gasteiger partial charge in [-0.05, 0) is 60.9 Å². The Kier molecular flexibility index (Phi) is 6.81. The summed E-state index contributed by atoms with van der Waals surface area (Å²) in [5.41, 5.74) is 6.32. The Hall–Kier alpha value is -3.79. The normalized spacial score (nSPS) is 16.0. The number of aromatic nitrogens is 1. The number of hydrogen-bond acceptors (Lipinski definition) is 4. The van der Waals surface area contributed by atoms with Crippen LogP contribution in [-0.4, -0.2) is 29.2 Å². The number of amides is 2. The molecule has 3 N–H and O–H groups in total. The molecule has 2 amide bonds. The lowest BCUT2D eigenvalue weighted by atomic mass is 9.91. The highest BCUT2D eigenvalue weighted by molar-refractivity contribution is 6.30. The van der Waals surface area contributed by atoms with Crippen molar-refractivity contribution in [3.05, 3.63) is 81.2 Å². The monoisotopic (exact) mass is 519 g/mol. The van der Waals surface area contributed by atoms with Crippen molar-refractivity contribution >= 4 is 29.1 Å². The van der Waals surface area contributed by atoms with Gasteiger partial charge in [0, 0.05) is 27.9 Å². The molecule has 0 saturated heterocycles. The maximum atomic E-state index is 13.6. The van der Waals surface area contributed by atoms with E-state index in [1.807, 2.05) is 0 Å². The zero-order valence-electron chi connectivity index (χ0n) is 18.9. The number of benzene rings is 2. The number of pyridine rings is 1. The van der Waals surface area contributed by atoms with Gasteiger partial charge in [0.25, 0.3) is 5.56 Å². The summed E-state index contributed by atoms with van der Waals surface area (Å²) in [5.74, 6) is -2.93. The van der Waals surface area contributed by atoms with Crippen molar-refractivity contribution in [3.8, 4) is 16.9 Å². The second-order valence-corrected chi connectivity index (χ2v) is 8.90. The van der Waals surface area contributed by atoms with Gasteiger partial charge < -0.3 is 15.8 Å². The molecule has 2 atom stereocenters. The number of carbonyl (C=O) groups is 2. The van der Waals surface area contributed by atoms with Gasteiger partial charge in [-0.25, -0.2) is 0 Å². The summed E-state index contributed by atoms with van der Waals surface area (Å²) in [6, 6.07) is 10.5. The molecule has 0 fully saturated rings. The van der Waals surface area contributed by atoms with Crippen LogP contribution < -0.4 is 21.3 Å². The smallest absolute Gasteiger partial charge is 0.395 e. The Morgan fingerprint density at radius 1 is 1.14 bits per heavy atom. The molecule has 0 bridgehead atoms. The quantitative estimate of drug-likeness (QED) is 0.526. The first-order chi connectivity index (χ1) is 16.9. The topological polar surface area (TPSA) is 103 Å². The van der Waals surface area contributed by atoms with Gasteiger partial charge in [0.15, 0.2) is 0 Å². The fourth-order valence-electron chi connectivity index (χ4n) is 3.95. The van der Waals surface area contributed by atoms with Crippen LogP contribution in [-0.2, 0) is 11.2 Å². The van der Waals surface area contributed by atoms with Crippen LogP contribution in [0.1, 0.15) is 28.9 Å². The van der Waals surface area contributed by atoms with Gasteiger partial charge in [-0.1, -0.05) is 17.7 Å². The number of hydrogen-bond donors (Lipinski definition) is 2. The van der Waals surface area contributed by atoms with E-state index in [1.54, 1.807) is 0 Å². The Balaban J connectivity index is 1.69. The third-order valence-electron chi connectivity index (χ3n) is 6.01. The van der Waals surface area contributed by atoms with Crippen LogP contribution in [0.2, 0.25) is 5.02 Å². The van der Waals surface area contributed by atoms with Crippen LogP contribution in [0.25, 0.3) is 11.1 Å². The molecule has 2 unspecified atom stereocenters. The minimum atomic E-state index is -4.50. The van der Waals surface area contributed by atoms with E-state index in [2.05, 4.69) is 5.32 Å². The van der Waals surface area contributed by atoms with E-state index in [4.69, 9.17) is 22.1 Å². The van der Waals surface area contributed by atoms with Crippen molar-refractivity contribution < 1.29 is 27.5 Å². The highest BCUT2D eigenvalue weighted by Crippen LogP contribution is 2.40. The molecule has 36 heavy (non-hydrogen) atoms. The van der Waals surface area contributed by atoms with E-state index in [-0.39, 0.29) is 17.7 Å². The fraction of sp³-hybridized carbons (Fsp3) is 0.240. The molecule has 2 aromatic carbocycles. The third kappa shape index (κ3) is 5.23.